The van der Waals surface area contributed by atoms with Crippen LogP contribution in [0.25, 0.3) is 0 Å². The van der Waals surface area contributed by atoms with E-state index in [1.165, 1.54) is 0 Å². The lowest BCUT2D eigenvalue weighted by atomic mass is 10.2. The van der Waals surface area contributed by atoms with Crippen molar-refractivity contribution in [3.63, 3.8) is 0 Å². The molecule has 0 bridgehead atoms. The third kappa shape index (κ3) is 4.96. The van der Waals surface area contributed by atoms with Gasteiger partial charge in [0.2, 0.25) is 0 Å². The SMILES string of the molecule is Cc1cc(NC(=O)c2ccc(Oc3ccc(C(=O)Nc4cc(C)on4)cc3)cc2)no1. The molecular formula is C22H18N4O5. The van der Waals surface area contributed by atoms with Crippen molar-refractivity contribution in [1.82, 2.24) is 10.3 Å². The van der Waals surface area contributed by atoms with Gasteiger partial charge in [-0.2, -0.15) is 0 Å². The number of benzene rings is 2. The van der Waals surface area contributed by atoms with E-state index in [1.54, 1.807) is 74.5 Å². The minimum Gasteiger partial charge on any atom is -0.457 e. The van der Waals surface area contributed by atoms with E-state index < -0.39 is 0 Å². The lowest BCUT2D eigenvalue weighted by molar-refractivity contribution is 0.101. The molecular weight excluding hydrogens is 400 g/mol. The Balaban J connectivity index is 1.35. The molecule has 9 nitrogen and oxygen atoms in total. The molecule has 0 saturated heterocycles. The molecule has 4 rings (SSSR count). The molecule has 2 heterocycles. The maximum absolute atomic E-state index is 12.2. The summed E-state index contributed by atoms with van der Waals surface area (Å²) in [6.07, 6.45) is 0. The molecule has 0 atom stereocenters. The predicted molar refractivity (Wildman–Crippen MR) is 111 cm³/mol. The van der Waals surface area contributed by atoms with Crippen LogP contribution < -0.4 is 15.4 Å². The first-order chi connectivity index (χ1) is 15.0. The average Bonchev–Trinajstić information content (AvgIpc) is 3.36. The first-order valence-electron chi connectivity index (χ1n) is 9.33. The smallest absolute Gasteiger partial charge is 0.256 e. The predicted octanol–water partition coefficient (Wildman–Crippen LogP) is 4.58. The summed E-state index contributed by atoms with van der Waals surface area (Å²) < 4.78 is 15.6. The van der Waals surface area contributed by atoms with E-state index in [1.807, 2.05) is 0 Å². The van der Waals surface area contributed by atoms with E-state index in [9.17, 15) is 9.59 Å². The summed E-state index contributed by atoms with van der Waals surface area (Å²) in [5.74, 6) is 2.39. The number of carbonyl (C=O) groups excluding carboxylic acids is 2. The highest BCUT2D eigenvalue weighted by Gasteiger charge is 2.11. The fourth-order valence-electron chi connectivity index (χ4n) is 2.71. The summed E-state index contributed by atoms with van der Waals surface area (Å²) in [5.41, 5.74) is 0.895. The molecule has 2 aromatic carbocycles. The Bertz CT molecular complexity index is 1110. The quantitative estimate of drug-likeness (QED) is 0.470. The van der Waals surface area contributed by atoms with Gasteiger partial charge in [-0.3, -0.25) is 9.59 Å². The Labute approximate surface area is 177 Å². The lowest BCUT2D eigenvalue weighted by Crippen LogP contribution is -2.12. The molecule has 0 aliphatic carbocycles. The number of nitrogens with one attached hydrogen (secondary N) is 2. The van der Waals surface area contributed by atoms with Crippen LogP contribution in [-0.2, 0) is 0 Å². The van der Waals surface area contributed by atoms with Crippen molar-refractivity contribution in [3.8, 4) is 11.5 Å². The van der Waals surface area contributed by atoms with Gasteiger partial charge in [0.1, 0.15) is 23.0 Å². The van der Waals surface area contributed by atoms with Crippen molar-refractivity contribution in [2.45, 2.75) is 13.8 Å². The standard InChI is InChI=1S/C22H18N4O5/c1-13-11-19(25-30-13)23-21(27)15-3-7-17(8-4-15)29-18-9-5-16(6-10-18)22(28)24-20-12-14(2)31-26-20/h3-12H,1-2H3,(H,23,25,27)(H,24,26,28). The van der Waals surface area contributed by atoms with Crippen molar-refractivity contribution in [1.29, 1.82) is 0 Å². The Morgan fingerprint density at radius 2 is 1.10 bits per heavy atom. The number of nitrogens with zero attached hydrogens (tertiary/aromatic N) is 2. The van der Waals surface area contributed by atoms with Gasteiger partial charge in [0.15, 0.2) is 11.6 Å². The molecule has 0 saturated carbocycles. The summed E-state index contributed by atoms with van der Waals surface area (Å²) in [4.78, 5) is 24.5. The normalized spacial score (nSPS) is 10.5. The van der Waals surface area contributed by atoms with Crippen LogP contribution in [0.1, 0.15) is 32.2 Å². The van der Waals surface area contributed by atoms with Crippen LogP contribution in [0.15, 0.2) is 69.7 Å². The molecule has 2 aromatic heterocycles. The number of aromatic nitrogens is 2. The number of ether oxygens (including phenoxy) is 1. The fraction of sp³-hybridized carbons (Fsp3) is 0.0909. The van der Waals surface area contributed by atoms with Gasteiger partial charge in [0.25, 0.3) is 11.8 Å². The Morgan fingerprint density at radius 1 is 0.710 bits per heavy atom. The molecule has 9 heteroatoms. The van der Waals surface area contributed by atoms with E-state index in [0.717, 1.165) is 0 Å². The molecule has 0 fully saturated rings. The monoisotopic (exact) mass is 418 g/mol. The van der Waals surface area contributed by atoms with E-state index in [-0.39, 0.29) is 11.8 Å². The minimum atomic E-state index is -0.308. The molecule has 0 spiro atoms. The Kier molecular flexibility index (Phi) is 5.48. The lowest BCUT2D eigenvalue weighted by Gasteiger charge is -2.08. The van der Waals surface area contributed by atoms with Gasteiger partial charge in [0, 0.05) is 23.3 Å². The van der Waals surface area contributed by atoms with Crippen LogP contribution in [0, 0.1) is 13.8 Å². The number of anilines is 2. The summed E-state index contributed by atoms with van der Waals surface area (Å²) >= 11 is 0. The summed E-state index contributed by atoms with van der Waals surface area (Å²) in [5, 5.41) is 12.8. The molecule has 2 N–H and O–H groups in total. The van der Waals surface area contributed by atoms with Gasteiger partial charge in [-0.15, -0.1) is 0 Å². The van der Waals surface area contributed by atoms with Crippen LogP contribution in [0.3, 0.4) is 0 Å². The highest BCUT2D eigenvalue weighted by Crippen LogP contribution is 2.23. The van der Waals surface area contributed by atoms with Crippen LogP contribution in [0.2, 0.25) is 0 Å². The van der Waals surface area contributed by atoms with Gasteiger partial charge in [0.05, 0.1) is 0 Å². The first-order valence-corrected chi connectivity index (χ1v) is 9.33. The second-order valence-corrected chi connectivity index (χ2v) is 6.70. The largest absolute Gasteiger partial charge is 0.457 e. The maximum atomic E-state index is 12.2. The van der Waals surface area contributed by atoms with Crippen molar-refractivity contribution >= 4 is 23.5 Å². The minimum absolute atomic E-state index is 0.308. The number of carbonyl (C=O) groups is 2. The van der Waals surface area contributed by atoms with Crippen LogP contribution >= 0.6 is 0 Å². The second-order valence-electron chi connectivity index (χ2n) is 6.70. The summed E-state index contributed by atoms with van der Waals surface area (Å²) in [7, 11) is 0. The van der Waals surface area contributed by atoms with Gasteiger partial charge in [-0.05, 0) is 62.4 Å². The zero-order valence-electron chi connectivity index (χ0n) is 16.7. The summed E-state index contributed by atoms with van der Waals surface area (Å²) in [6.45, 7) is 3.48. The van der Waals surface area contributed by atoms with E-state index in [2.05, 4.69) is 20.9 Å². The molecule has 0 aliphatic heterocycles. The van der Waals surface area contributed by atoms with E-state index in [4.69, 9.17) is 13.8 Å². The van der Waals surface area contributed by atoms with Crippen LogP contribution in [0.5, 0.6) is 11.5 Å². The molecule has 156 valence electrons. The van der Waals surface area contributed by atoms with Gasteiger partial charge in [-0.1, -0.05) is 10.3 Å². The summed E-state index contributed by atoms with van der Waals surface area (Å²) in [6, 6.07) is 16.5. The number of amides is 2. The second kappa shape index (κ2) is 8.54. The first kappa shape index (κ1) is 19.9. The Morgan fingerprint density at radius 3 is 1.42 bits per heavy atom. The number of hydrogen-bond donors (Lipinski definition) is 2. The van der Waals surface area contributed by atoms with E-state index >= 15 is 0 Å². The molecule has 4 aromatic rings. The van der Waals surface area contributed by atoms with Crippen molar-refractivity contribution in [2.75, 3.05) is 10.6 Å². The van der Waals surface area contributed by atoms with Crippen molar-refractivity contribution in [3.05, 3.63) is 83.3 Å². The topological polar surface area (TPSA) is 119 Å². The van der Waals surface area contributed by atoms with Crippen LogP contribution in [-0.4, -0.2) is 22.1 Å². The zero-order chi connectivity index (χ0) is 21.8. The number of aryl methyl sites for hydroxylation is 2. The molecule has 0 radical (unpaired) electrons. The number of rotatable bonds is 6. The van der Waals surface area contributed by atoms with Crippen molar-refractivity contribution < 1.29 is 23.4 Å². The molecule has 0 unspecified atom stereocenters. The van der Waals surface area contributed by atoms with Gasteiger partial charge < -0.3 is 24.4 Å². The maximum Gasteiger partial charge on any atom is 0.256 e. The number of hydrogen-bond acceptors (Lipinski definition) is 7. The van der Waals surface area contributed by atoms with E-state index in [0.29, 0.717) is 45.8 Å². The highest BCUT2D eigenvalue weighted by atomic mass is 16.5. The van der Waals surface area contributed by atoms with Crippen LogP contribution in [0.4, 0.5) is 11.6 Å². The molecule has 31 heavy (non-hydrogen) atoms. The van der Waals surface area contributed by atoms with Gasteiger partial charge >= 0.3 is 0 Å². The molecule has 0 aliphatic rings. The molecule has 2 amide bonds. The van der Waals surface area contributed by atoms with Gasteiger partial charge in [-0.25, -0.2) is 0 Å². The zero-order valence-corrected chi connectivity index (χ0v) is 16.7. The Hall–Kier alpha value is -4.40. The third-order valence-corrected chi connectivity index (χ3v) is 4.21. The fourth-order valence-corrected chi connectivity index (χ4v) is 2.71. The van der Waals surface area contributed by atoms with Crippen molar-refractivity contribution in [2.24, 2.45) is 0 Å². The third-order valence-electron chi connectivity index (χ3n) is 4.21. The average molecular weight is 418 g/mol. The highest BCUT2D eigenvalue weighted by molar-refractivity contribution is 6.04.